The zero-order chi connectivity index (χ0) is 45.5. The van der Waals surface area contributed by atoms with E-state index in [9.17, 15) is 10.2 Å². The van der Waals surface area contributed by atoms with Crippen molar-refractivity contribution in [1.29, 1.82) is 0 Å². The highest BCUT2D eigenvalue weighted by atomic mass is 16.7. The van der Waals surface area contributed by atoms with E-state index in [4.69, 9.17) is 19.1 Å². The van der Waals surface area contributed by atoms with Gasteiger partial charge in [-0.3, -0.25) is 9.68 Å². The molecule has 0 aliphatic carbocycles. The number of nitrogens with zero attached hydrogens (tertiary/aromatic N) is 2. The summed E-state index contributed by atoms with van der Waals surface area (Å²) in [6.07, 6.45) is 4.89. The van der Waals surface area contributed by atoms with Gasteiger partial charge in [0.25, 0.3) is 0 Å². The first-order valence-corrected chi connectivity index (χ1v) is 23.7. The van der Waals surface area contributed by atoms with Crippen molar-refractivity contribution >= 4 is 0 Å². The number of aliphatic hydroxyl groups excluding tert-OH is 2. The van der Waals surface area contributed by atoms with Crippen molar-refractivity contribution in [3.05, 3.63) is 144 Å². The highest BCUT2D eigenvalue weighted by Crippen LogP contribution is 2.46. The first-order valence-electron chi connectivity index (χ1n) is 23.7. The fourth-order valence-electron chi connectivity index (χ4n) is 10.8. The van der Waals surface area contributed by atoms with Crippen molar-refractivity contribution < 1.29 is 29.4 Å². The quantitative estimate of drug-likeness (QED) is 0.0850. The molecule has 2 fully saturated rings. The Balaban J connectivity index is 1.28. The molecule has 4 unspecified atom stereocenters. The molecular weight excluding hydrogens is 785 g/mol. The minimum atomic E-state index is -0.896. The molecule has 0 amide bonds. The number of piperidine rings is 2. The lowest BCUT2D eigenvalue weighted by atomic mass is 9.80. The van der Waals surface area contributed by atoms with Gasteiger partial charge in [-0.05, 0) is 142 Å². The van der Waals surface area contributed by atoms with E-state index in [1.165, 1.54) is 0 Å². The zero-order valence-corrected chi connectivity index (χ0v) is 40.0. The third-order valence-electron chi connectivity index (χ3n) is 13.5. The van der Waals surface area contributed by atoms with Crippen LogP contribution in [0.5, 0.6) is 0 Å². The molecular formula is C55H78N2O6. The average Bonchev–Trinajstić information content (AvgIpc) is 3.24. The third kappa shape index (κ3) is 12.5. The van der Waals surface area contributed by atoms with Gasteiger partial charge in [0.15, 0.2) is 5.79 Å². The summed E-state index contributed by atoms with van der Waals surface area (Å²) < 4.78 is 14.9. The van der Waals surface area contributed by atoms with E-state index in [2.05, 4.69) is 189 Å². The van der Waals surface area contributed by atoms with Gasteiger partial charge in [-0.2, -0.15) is 10.1 Å². The molecule has 0 radical (unpaired) electrons. The van der Waals surface area contributed by atoms with E-state index in [1.54, 1.807) is 0 Å². The van der Waals surface area contributed by atoms with E-state index in [-0.39, 0.29) is 58.8 Å². The van der Waals surface area contributed by atoms with Gasteiger partial charge >= 0.3 is 0 Å². The predicted octanol–water partition coefficient (Wildman–Crippen LogP) is 13.0. The number of hydroxylamine groups is 4. The van der Waals surface area contributed by atoms with Crippen molar-refractivity contribution in [2.45, 2.75) is 198 Å². The fourth-order valence-corrected chi connectivity index (χ4v) is 10.8. The van der Waals surface area contributed by atoms with Crippen LogP contribution in [0.1, 0.15) is 180 Å². The second kappa shape index (κ2) is 20.8. The number of hydrogen-bond acceptors (Lipinski definition) is 8. The number of benzene rings is 4. The molecule has 344 valence electrons. The molecule has 2 heterocycles. The zero-order valence-electron chi connectivity index (χ0n) is 40.0. The summed E-state index contributed by atoms with van der Waals surface area (Å²) in [5.74, 6) is -0.896. The monoisotopic (exact) mass is 863 g/mol. The minimum Gasteiger partial charge on any atom is -0.393 e. The standard InChI is InChI=1S/C55H78N2O6/c1-11-55(12-2,60-47(41-25-17-13-18-26-41)33-35-49(43-29-21-15-22-30-43)62-56-51(3,4)37-45(58)38-52(56,5)6)61-48(42-27-19-14-20-28-42)34-36-50(44-31-23-16-24-32-44)63-57-53(7,8)39-46(59)40-54(57,9)10/h13-32,45-50,58-59H,11-12,33-40H2,1-10H3. The molecule has 0 bridgehead atoms. The number of ether oxygens (including phenoxy) is 2. The van der Waals surface area contributed by atoms with Gasteiger partial charge in [-0.15, -0.1) is 0 Å². The Labute approximate surface area is 379 Å². The topological polar surface area (TPSA) is 83.9 Å². The lowest BCUT2D eigenvalue weighted by molar-refractivity contribution is -0.321. The van der Waals surface area contributed by atoms with Gasteiger partial charge in [0, 0.05) is 22.2 Å². The summed E-state index contributed by atoms with van der Waals surface area (Å²) in [7, 11) is 0. The van der Waals surface area contributed by atoms with Gasteiger partial charge in [0.1, 0.15) is 12.2 Å². The Morgan fingerprint density at radius 3 is 0.937 bits per heavy atom. The van der Waals surface area contributed by atoms with Crippen LogP contribution in [0, 0.1) is 0 Å². The number of hydrogen-bond donors (Lipinski definition) is 2. The summed E-state index contributed by atoms with van der Waals surface area (Å²) in [6, 6.07) is 42.1. The van der Waals surface area contributed by atoms with Crippen LogP contribution in [-0.4, -0.2) is 60.5 Å². The van der Waals surface area contributed by atoms with Crippen LogP contribution in [0.4, 0.5) is 0 Å². The Hall–Kier alpha value is -3.44. The van der Waals surface area contributed by atoms with Crippen molar-refractivity contribution in [2.24, 2.45) is 0 Å². The second-order valence-electron chi connectivity index (χ2n) is 20.8. The van der Waals surface area contributed by atoms with Crippen molar-refractivity contribution in [3.63, 3.8) is 0 Å². The van der Waals surface area contributed by atoms with Crippen LogP contribution in [0.3, 0.4) is 0 Å². The molecule has 0 spiro atoms. The molecule has 2 aliphatic heterocycles. The van der Waals surface area contributed by atoms with Crippen LogP contribution < -0.4 is 0 Å². The SMILES string of the molecule is CCC(CC)(OC(CCC(ON1C(C)(C)CC(O)CC1(C)C)c1ccccc1)c1ccccc1)OC(CCC(ON1C(C)(C)CC(O)CC1(C)C)c1ccccc1)c1ccccc1. The minimum absolute atomic E-state index is 0.238. The Kier molecular flexibility index (Phi) is 16.2. The molecule has 4 atom stereocenters. The highest BCUT2D eigenvalue weighted by Gasteiger charge is 2.49. The maximum atomic E-state index is 10.8. The van der Waals surface area contributed by atoms with E-state index in [0.29, 0.717) is 64.2 Å². The summed E-state index contributed by atoms with van der Waals surface area (Å²) in [6.45, 7) is 21.7. The second-order valence-corrected chi connectivity index (χ2v) is 20.8. The first kappa shape index (κ1) is 49.0. The van der Waals surface area contributed by atoms with Crippen LogP contribution in [0.2, 0.25) is 0 Å². The fraction of sp³-hybridized carbons (Fsp3) is 0.564. The van der Waals surface area contributed by atoms with Gasteiger partial charge in [-0.1, -0.05) is 135 Å². The average molecular weight is 863 g/mol. The van der Waals surface area contributed by atoms with Gasteiger partial charge in [-0.25, -0.2) is 0 Å². The van der Waals surface area contributed by atoms with Crippen LogP contribution in [0.15, 0.2) is 121 Å². The third-order valence-corrected chi connectivity index (χ3v) is 13.5. The maximum Gasteiger partial charge on any atom is 0.169 e. The Morgan fingerprint density at radius 2 is 0.683 bits per heavy atom. The molecule has 4 aromatic rings. The van der Waals surface area contributed by atoms with Crippen molar-refractivity contribution in [2.75, 3.05) is 0 Å². The van der Waals surface area contributed by atoms with Crippen LogP contribution in [0.25, 0.3) is 0 Å². The summed E-state index contributed by atoms with van der Waals surface area (Å²) >= 11 is 0. The molecule has 2 aliphatic rings. The van der Waals surface area contributed by atoms with Gasteiger partial charge < -0.3 is 19.7 Å². The predicted molar refractivity (Wildman–Crippen MR) is 253 cm³/mol. The molecule has 6 rings (SSSR count). The van der Waals surface area contributed by atoms with Crippen molar-refractivity contribution in [1.82, 2.24) is 10.1 Å². The molecule has 2 saturated heterocycles. The number of aliphatic hydroxyl groups is 2. The first-order chi connectivity index (χ1) is 29.9. The van der Waals surface area contributed by atoms with Gasteiger partial charge in [0.2, 0.25) is 0 Å². The normalized spacial score (nSPS) is 21.4. The molecule has 4 aromatic carbocycles. The van der Waals surface area contributed by atoms with E-state index in [0.717, 1.165) is 22.3 Å². The lowest BCUT2D eigenvalue weighted by Crippen LogP contribution is -2.61. The van der Waals surface area contributed by atoms with Crippen LogP contribution >= 0.6 is 0 Å². The van der Waals surface area contributed by atoms with E-state index >= 15 is 0 Å². The largest absolute Gasteiger partial charge is 0.393 e. The van der Waals surface area contributed by atoms with Crippen molar-refractivity contribution in [3.8, 4) is 0 Å². The molecule has 0 saturated carbocycles. The molecule has 2 N–H and O–H groups in total. The molecule has 8 nitrogen and oxygen atoms in total. The van der Waals surface area contributed by atoms with E-state index in [1.807, 2.05) is 12.1 Å². The molecule has 0 aromatic heterocycles. The molecule has 63 heavy (non-hydrogen) atoms. The van der Waals surface area contributed by atoms with E-state index < -0.39 is 5.79 Å². The Bertz CT molecular complexity index is 1780. The number of rotatable bonds is 20. The smallest absolute Gasteiger partial charge is 0.169 e. The summed E-state index contributed by atoms with van der Waals surface area (Å²) in [4.78, 5) is 14.3. The van der Waals surface area contributed by atoms with Crippen LogP contribution in [-0.2, 0) is 19.1 Å². The molecule has 8 heteroatoms. The highest BCUT2D eigenvalue weighted by molar-refractivity contribution is 5.22. The summed E-state index contributed by atoms with van der Waals surface area (Å²) in [5, 5.41) is 26.0. The maximum absolute atomic E-state index is 10.8. The Morgan fingerprint density at radius 1 is 0.444 bits per heavy atom. The van der Waals surface area contributed by atoms with Gasteiger partial charge in [0.05, 0.1) is 24.4 Å². The lowest BCUT2D eigenvalue weighted by Gasteiger charge is -2.53. The summed E-state index contributed by atoms with van der Waals surface area (Å²) in [5.41, 5.74) is 2.98.